The van der Waals surface area contributed by atoms with Crippen LogP contribution in [0.1, 0.15) is 22.3 Å². The lowest BCUT2D eigenvalue weighted by atomic mass is 9.96. The molecular weight excluding hydrogens is 625 g/mol. The second kappa shape index (κ2) is 11.5. The van der Waals surface area contributed by atoms with Gasteiger partial charge < -0.3 is 19.7 Å². The largest absolute Gasteiger partial charge is 0.744 e. The lowest BCUT2D eigenvalue weighted by molar-refractivity contribution is 0.461. The molecule has 0 atom stereocenters. The molecule has 0 saturated heterocycles. The Balaban J connectivity index is 1.67. The van der Waals surface area contributed by atoms with E-state index in [-0.39, 0.29) is 5.56 Å². The van der Waals surface area contributed by atoms with E-state index < -0.39 is 30.0 Å². The molecule has 6 aromatic rings. The number of anilines is 4. The highest BCUT2D eigenvalue weighted by Gasteiger charge is 2.25. The van der Waals surface area contributed by atoms with E-state index in [0.29, 0.717) is 44.9 Å². The van der Waals surface area contributed by atoms with Crippen molar-refractivity contribution in [2.75, 3.05) is 10.6 Å². The molecule has 0 saturated carbocycles. The molecule has 234 valence electrons. The molecule has 0 aliphatic carbocycles. The van der Waals surface area contributed by atoms with Crippen LogP contribution < -0.4 is 10.6 Å². The molecule has 46 heavy (non-hydrogen) atoms. The quantitative estimate of drug-likeness (QED) is 0.0990. The molecule has 0 radical (unpaired) electrons. The zero-order valence-electron chi connectivity index (χ0n) is 25.3. The highest BCUT2D eigenvalue weighted by molar-refractivity contribution is 7.86. The van der Waals surface area contributed by atoms with E-state index in [1.54, 1.807) is 24.3 Å². The monoisotopic (exact) mass is 653 g/mol. The predicted octanol–water partition coefficient (Wildman–Crippen LogP) is 8.06. The predicted molar refractivity (Wildman–Crippen MR) is 178 cm³/mol. The van der Waals surface area contributed by atoms with Crippen molar-refractivity contribution >= 4 is 64.9 Å². The molecule has 0 spiro atoms. The lowest BCUT2D eigenvalue weighted by Gasteiger charge is -2.18. The Kier molecular flexibility index (Phi) is 7.81. The number of rotatable bonds is 7. The zero-order valence-corrected chi connectivity index (χ0v) is 27.0. The smallest absolute Gasteiger partial charge is 0.361 e. The maximum atomic E-state index is 12.6. The molecule has 0 amide bonds. The first-order valence-electron chi connectivity index (χ1n) is 14.3. The van der Waals surface area contributed by atoms with Gasteiger partial charge in [-0.1, -0.05) is 42.5 Å². The first-order valence-corrected chi connectivity index (χ1v) is 17.1. The fourth-order valence-electron chi connectivity index (χ4n) is 5.72. The van der Waals surface area contributed by atoms with Gasteiger partial charge in [0.15, 0.2) is 0 Å². The number of benzene rings is 5. The van der Waals surface area contributed by atoms with Gasteiger partial charge in [0.1, 0.15) is 20.2 Å². The number of nitrogens with one attached hydrogen (secondary N) is 2. The average Bonchev–Trinajstić information content (AvgIpc) is 2.98. The van der Waals surface area contributed by atoms with Crippen LogP contribution in [0.2, 0.25) is 0 Å². The number of fused-ring (bicyclic) bond motifs is 2. The Labute approximate surface area is 267 Å². The van der Waals surface area contributed by atoms with Gasteiger partial charge in [-0.3, -0.25) is 0 Å². The first kappa shape index (κ1) is 31.2. The number of aryl methyl sites for hydroxylation is 4. The SMILES string of the molecule is Cc1cccc(C)c1Nc1ccc2[o+]c3ccc(Nc4c(C)cccc4C)cc3c(-c3ccc(S(=O)(=O)[O-])cc3S(=O)(=O)[O-])c2c1. The molecule has 0 aliphatic rings. The summed E-state index contributed by atoms with van der Waals surface area (Å²) in [6.07, 6.45) is 0. The van der Waals surface area contributed by atoms with Crippen LogP contribution in [0.3, 0.4) is 0 Å². The summed E-state index contributed by atoms with van der Waals surface area (Å²) in [5.74, 6) is 0. The second-order valence-corrected chi connectivity index (χ2v) is 14.0. The van der Waals surface area contributed by atoms with E-state index in [4.69, 9.17) is 4.42 Å². The molecule has 6 rings (SSSR count). The highest BCUT2D eigenvalue weighted by atomic mass is 32.2. The van der Waals surface area contributed by atoms with Crippen molar-refractivity contribution in [2.45, 2.75) is 37.5 Å². The van der Waals surface area contributed by atoms with Gasteiger partial charge in [-0.25, -0.2) is 21.3 Å². The van der Waals surface area contributed by atoms with Crippen LogP contribution in [0.4, 0.5) is 22.7 Å². The minimum atomic E-state index is -5.26. The maximum Gasteiger partial charge on any atom is 0.361 e. The summed E-state index contributed by atoms with van der Waals surface area (Å²) in [6, 6.07) is 25.3. The third-order valence-electron chi connectivity index (χ3n) is 8.00. The van der Waals surface area contributed by atoms with Crippen LogP contribution >= 0.6 is 0 Å². The van der Waals surface area contributed by atoms with Crippen molar-refractivity contribution < 1.29 is 30.4 Å². The molecular formula is C35H29N2O7S2-. The van der Waals surface area contributed by atoms with Gasteiger partial charge in [0, 0.05) is 46.0 Å². The highest BCUT2D eigenvalue weighted by Crippen LogP contribution is 2.42. The number of hydrogen-bond acceptors (Lipinski definition) is 8. The molecule has 9 nitrogen and oxygen atoms in total. The van der Waals surface area contributed by atoms with Crippen LogP contribution in [0, 0.1) is 27.7 Å². The van der Waals surface area contributed by atoms with Crippen LogP contribution in [0.15, 0.2) is 105 Å². The number of para-hydroxylation sites is 2. The Hall–Kier alpha value is -4.81. The summed E-state index contributed by atoms with van der Waals surface area (Å²) in [7, 11) is -10.3. The molecule has 11 heteroatoms. The minimum absolute atomic E-state index is 0.0679. The molecule has 1 heterocycles. The van der Waals surface area contributed by atoms with E-state index in [0.717, 1.165) is 39.7 Å². The molecule has 0 bridgehead atoms. The van der Waals surface area contributed by atoms with Crippen LogP contribution in [-0.2, 0) is 20.2 Å². The fraction of sp³-hybridized carbons (Fsp3) is 0.114. The standard InChI is InChI=1S/C35H30N2O7S2/c1-20-7-5-8-21(2)34(20)36-24-11-15-30-28(17-24)33(27-14-13-26(45(38,39)40)19-32(27)46(41,42)43)29-18-25(12-16-31(29)44-30)37-35-22(3)9-6-10-23(35)4/h5-19,36-37H,1-4H3,(H-,38,39,40,41,42,43)/p-1. The van der Waals surface area contributed by atoms with E-state index in [1.165, 1.54) is 6.07 Å². The third-order valence-corrected chi connectivity index (χ3v) is 9.71. The van der Waals surface area contributed by atoms with Gasteiger partial charge in [0.05, 0.1) is 20.6 Å². The van der Waals surface area contributed by atoms with Crippen molar-refractivity contribution in [1.29, 1.82) is 0 Å². The molecule has 5 aromatic carbocycles. The Morgan fingerprint density at radius 3 is 1.43 bits per heavy atom. The Morgan fingerprint density at radius 2 is 1.02 bits per heavy atom. The van der Waals surface area contributed by atoms with Crippen molar-refractivity contribution in [3.8, 4) is 11.1 Å². The topological polar surface area (TPSA) is 150 Å². The van der Waals surface area contributed by atoms with Crippen LogP contribution in [0.5, 0.6) is 0 Å². The van der Waals surface area contributed by atoms with E-state index >= 15 is 0 Å². The molecule has 0 fully saturated rings. The average molecular weight is 654 g/mol. The summed E-state index contributed by atoms with van der Waals surface area (Å²) in [4.78, 5) is -1.66. The Bertz CT molecular complexity index is 2270. The summed E-state index contributed by atoms with van der Waals surface area (Å²) in [6.45, 7) is 7.91. The minimum Gasteiger partial charge on any atom is -0.744 e. The summed E-state index contributed by atoms with van der Waals surface area (Å²) in [5.41, 5.74) is 8.20. The van der Waals surface area contributed by atoms with Gasteiger partial charge in [-0.2, -0.15) is 0 Å². The molecule has 1 aromatic heterocycles. The second-order valence-electron chi connectivity index (χ2n) is 11.2. The maximum absolute atomic E-state index is 12.6. The van der Waals surface area contributed by atoms with Crippen molar-refractivity contribution in [3.05, 3.63) is 113 Å². The van der Waals surface area contributed by atoms with Crippen LogP contribution in [-0.4, -0.2) is 25.9 Å². The zero-order chi connectivity index (χ0) is 33.0. The summed E-state index contributed by atoms with van der Waals surface area (Å²) < 4.78 is 79.8. The van der Waals surface area contributed by atoms with Gasteiger partial charge in [0.25, 0.3) is 0 Å². The van der Waals surface area contributed by atoms with Crippen molar-refractivity contribution in [3.63, 3.8) is 0 Å². The van der Waals surface area contributed by atoms with Gasteiger partial charge in [-0.05, 0) is 86.3 Å². The van der Waals surface area contributed by atoms with E-state index in [9.17, 15) is 25.9 Å². The normalized spacial score (nSPS) is 12.0. The lowest BCUT2D eigenvalue weighted by Crippen LogP contribution is -2.06. The Morgan fingerprint density at radius 1 is 0.565 bits per heavy atom. The van der Waals surface area contributed by atoms with Crippen molar-refractivity contribution in [2.24, 2.45) is 0 Å². The van der Waals surface area contributed by atoms with Crippen molar-refractivity contribution in [1.82, 2.24) is 0 Å². The summed E-state index contributed by atoms with van der Waals surface area (Å²) >= 11 is 0. The van der Waals surface area contributed by atoms with Gasteiger partial charge in [-0.15, -0.1) is 0 Å². The van der Waals surface area contributed by atoms with E-state index in [2.05, 4.69) is 10.6 Å². The van der Waals surface area contributed by atoms with Gasteiger partial charge in [0.2, 0.25) is 0 Å². The first-order chi connectivity index (χ1) is 21.7. The third kappa shape index (κ3) is 5.93. The molecule has 0 aliphatic heterocycles. The fourth-order valence-corrected chi connectivity index (χ4v) is 7.00. The number of hydrogen-bond donors (Lipinski definition) is 2. The van der Waals surface area contributed by atoms with Gasteiger partial charge >= 0.3 is 11.2 Å². The van der Waals surface area contributed by atoms with E-state index in [1.807, 2.05) is 76.2 Å². The summed E-state index contributed by atoms with van der Waals surface area (Å²) in [5, 5.41) is 7.78. The van der Waals surface area contributed by atoms with Crippen LogP contribution in [0.25, 0.3) is 33.1 Å². The molecule has 0 unspecified atom stereocenters. The molecule has 2 N–H and O–H groups in total.